The molecule has 0 saturated heterocycles. The molecule has 336 valence electrons. The number of aliphatic hydroxyl groups excluding tert-OH is 2. The number of aliphatic hydroxyl groups is 2. The Hall–Kier alpha value is -2.44. The topological polar surface area (TPSA) is 95.9 Å². The summed E-state index contributed by atoms with van der Waals surface area (Å²) in [7, 11) is 0. The van der Waals surface area contributed by atoms with Gasteiger partial charge in [-0.25, -0.2) is 0 Å². The maximum absolute atomic E-state index is 13.1. The van der Waals surface area contributed by atoms with Gasteiger partial charge in [0.2, 0.25) is 5.91 Å². The minimum atomic E-state index is -0.812. The van der Waals surface area contributed by atoms with Gasteiger partial charge < -0.3 is 20.3 Å². The van der Waals surface area contributed by atoms with E-state index in [4.69, 9.17) is 4.74 Å². The number of hydrogen-bond acceptors (Lipinski definition) is 5. The van der Waals surface area contributed by atoms with Crippen molar-refractivity contribution in [1.82, 2.24) is 5.32 Å². The largest absolute Gasteiger partial charge is 0.461 e. The van der Waals surface area contributed by atoms with E-state index in [1.807, 2.05) is 12.2 Å². The Bertz CT molecular complexity index is 1050. The van der Waals surface area contributed by atoms with Crippen molar-refractivity contribution in [3.05, 3.63) is 60.8 Å². The fourth-order valence-electron chi connectivity index (χ4n) is 7.06. The second-order valence-corrected chi connectivity index (χ2v) is 16.5. The highest BCUT2D eigenvalue weighted by Gasteiger charge is 2.23. The average molecular weight is 812 g/mol. The third-order valence-corrected chi connectivity index (χ3v) is 10.8. The molecule has 1 amide bonds. The summed E-state index contributed by atoms with van der Waals surface area (Å²) in [5, 5.41) is 23.7. The highest BCUT2D eigenvalue weighted by molar-refractivity contribution is 5.77. The van der Waals surface area contributed by atoms with Gasteiger partial charge in [-0.2, -0.15) is 0 Å². The molecule has 0 bridgehead atoms. The van der Waals surface area contributed by atoms with Crippen molar-refractivity contribution in [2.75, 3.05) is 6.61 Å². The summed E-state index contributed by atoms with van der Waals surface area (Å²) >= 11 is 0. The van der Waals surface area contributed by atoms with Crippen LogP contribution in [0.15, 0.2) is 60.8 Å². The smallest absolute Gasteiger partial charge is 0.306 e. The zero-order valence-corrected chi connectivity index (χ0v) is 38.2. The number of unbranched alkanes of at least 4 members (excludes halogenated alkanes) is 22. The molecular formula is C52H93NO5. The minimum absolute atomic E-state index is 0.00259. The van der Waals surface area contributed by atoms with Gasteiger partial charge in [0.1, 0.15) is 6.10 Å². The standard InChI is InChI=1S/C52H93NO5/c1-4-7-10-13-16-19-22-24-26-27-29-31-34-37-40-43-48(58-52(57)45-42-39-36-33-21-18-15-12-9-6-3)46-51(56)53-49(47-54)50(55)44-41-38-35-32-30-28-25-23-20-17-14-11-8-5-2/h12,15-16,19,24,26,29,31,37,40,48-50,54-55H,4-11,13-14,17-18,20-23,25,27-28,30,32-36,38-39,41-47H2,1-3H3,(H,53,56)/b15-12-,19-16-,26-24-,31-29-,40-37-. The number of esters is 1. The number of amides is 1. The van der Waals surface area contributed by atoms with Crippen LogP contribution >= 0.6 is 0 Å². The molecule has 0 aliphatic carbocycles. The highest BCUT2D eigenvalue weighted by Crippen LogP contribution is 2.16. The molecule has 0 aromatic carbocycles. The normalized spacial score (nSPS) is 13.8. The molecular weight excluding hydrogens is 719 g/mol. The van der Waals surface area contributed by atoms with Crippen LogP contribution in [0.5, 0.6) is 0 Å². The number of allylic oxidation sites excluding steroid dienone is 9. The van der Waals surface area contributed by atoms with E-state index in [9.17, 15) is 19.8 Å². The van der Waals surface area contributed by atoms with Gasteiger partial charge in [-0.3, -0.25) is 9.59 Å². The number of carbonyl (C=O) groups is 2. The average Bonchev–Trinajstić information content (AvgIpc) is 3.22. The van der Waals surface area contributed by atoms with Gasteiger partial charge in [0.25, 0.3) is 0 Å². The summed E-state index contributed by atoms with van der Waals surface area (Å²) in [5.74, 6) is -0.589. The first kappa shape index (κ1) is 55.6. The van der Waals surface area contributed by atoms with Gasteiger partial charge in [0, 0.05) is 12.8 Å². The lowest BCUT2D eigenvalue weighted by atomic mass is 10.0. The predicted octanol–water partition coefficient (Wildman–Crippen LogP) is 14.5. The lowest BCUT2D eigenvalue weighted by Crippen LogP contribution is -2.46. The molecule has 3 N–H and O–H groups in total. The van der Waals surface area contributed by atoms with E-state index < -0.39 is 18.2 Å². The van der Waals surface area contributed by atoms with Crippen LogP contribution in [0.3, 0.4) is 0 Å². The van der Waals surface area contributed by atoms with Crippen molar-refractivity contribution in [2.24, 2.45) is 0 Å². The highest BCUT2D eigenvalue weighted by atomic mass is 16.5. The van der Waals surface area contributed by atoms with Crippen molar-refractivity contribution in [2.45, 2.75) is 251 Å². The number of hydrogen-bond donors (Lipinski definition) is 3. The molecule has 0 aromatic rings. The maximum atomic E-state index is 13.1. The van der Waals surface area contributed by atoms with Gasteiger partial charge in [-0.1, -0.05) is 210 Å². The second-order valence-electron chi connectivity index (χ2n) is 16.5. The lowest BCUT2D eigenvalue weighted by molar-refractivity contribution is -0.150. The molecule has 0 rings (SSSR count). The van der Waals surface area contributed by atoms with Crippen LogP contribution in [0.25, 0.3) is 0 Å². The molecule has 0 aliphatic rings. The van der Waals surface area contributed by atoms with Crippen LogP contribution in [0.1, 0.15) is 233 Å². The summed E-state index contributed by atoms with van der Waals surface area (Å²) in [6, 6.07) is -0.732. The van der Waals surface area contributed by atoms with Gasteiger partial charge in [-0.15, -0.1) is 0 Å². The lowest BCUT2D eigenvalue weighted by Gasteiger charge is -2.24. The number of carbonyl (C=O) groups excluding carboxylic acids is 2. The third-order valence-electron chi connectivity index (χ3n) is 10.8. The van der Waals surface area contributed by atoms with Crippen molar-refractivity contribution >= 4 is 11.9 Å². The Morgan fingerprint density at radius 3 is 1.50 bits per heavy atom. The van der Waals surface area contributed by atoms with Crippen LogP contribution < -0.4 is 5.32 Å². The Morgan fingerprint density at radius 1 is 0.517 bits per heavy atom. The first-order valence-electron chi connectivity index (χ1n) is 24.5. The van der Waals surface area contributed by atoms with Crippen LogP contribution in [-0.2, 0) is 14.3 Å². The summed E-state index contributed by atoms with van der Waals surface area (Å²) in [6.45, 7) is 6.36. The van der Waals surface area contributed by atoms with Crippen LogP contribution in [0, 0.1) is 0 Å². The Balaban J connectivity index is 4.70. The Morgan fingerprint density at radius 2 is 0.948 bits per heavy atom. The van der Waals surface area contributed by atoms with E-state index in [1.165, 1.54) is 109 Å². The van der Waals surface area contributed by atoms with Gasteiger partial charge in [0.05, 0.1) is 25.2 Å². The molecule has 0 fully saturated rings. The van der Waals surface area contributed by atoms with Crippen molar-refractivity contribution in [3.63, 3.8) is 0 Å². The predicted molar refractivity (Wildman–Crippen MR) is 250 cm³/mol. The van der Waals surface area contributed by atoms with Crippen LogP contribution in [0.2, 0.25) is 0 Å². The maximum Gasteiger partial charge on any atom is 0.306 e. The SMILES string of the molecule is CCC/C=C\CCCCCCCC(=O)OC(C/C=C\C/C=C\C/C=C\C/C=C\CCCCC)CC(=O)NC(CO)C(O)CCCCCCCCCCCCCCCC. The first-order chi connectivity index (χ1) is 28.5. The second kappa shape index (κ2) is 45.6. The summed E-state index contributed by atoms with van der Waals surface area (Å²) in [4.78, 5) is 26.0. The molecule has 0 radical (unpaired) electrons. The first-order valence-corrected chi connectivity index (χ1v) is 24.5. The third kappa shape index (κ3) is 40.3. The number of rotatable bonds is 43. The van der Waals surface area contributed by atoms with Crippen molar-refractivity contribution in [3.8, 4) is 0 Å². The monoisotopic (exact) mass is 812 g/mol. The molecule has 6 nitrogen and oxygen atoms in total. The number of nitrogens with one attached hydrogen (secondary N) is 1. The van der Waals surface area contributed by atoms with E-state index in [1.54, 1.807) is 0 Å². The molecule has 0 heterocycles. The molecule has 3 unspecified atom stereocenters. The summed E-state index contributed by atoms with van der Waals surface area (Å²) < 4.78 is 5.84. The summed E-state index contributed by atoms with van der Waals surface area (Å²) in [5.41, 5.74) is 0. The van der Waals surface area contributed by atoms with E-state index in [-0.39, 0.29) is 24.9 Å². The zero-order chi connectivity index (χ0) is 42.4. The minimum Gasteiger partial charge on any atom is -0.461 e. The van der Waals surface area contributed by atoms with Crippen LogP contribution in [0.4, 0.5) is 0 Å². The zero-order valence-electron chi connectivity index (χ0n) is 38.2. The van der Waals surface area contributed by atoms with Gasteiger partial charge in [-0.05, 0) is 64.2 Å². The molecule has 0 saturated carbocycles. The van der Waals surface area contributed by atoms with Crippen molar-refractivity contribution in [1.29, 1.82) is 0 Å². The molecule has 3 atom stereocenters. The molecule has 0 spiro atoms. The van der Waals surface area contributed by atoms with E-state index in [0.717, 1.165) is 77.0 Å². The Labute approximate surface area is 358 Å². The molecule has 58 heavy (non-hydrogen) atoms. The summed E-state index contributed by atoms with van der Waals surface area (Å²) in [6.07, 6.45) is 55.8. The fraction of sp³-hybridized carbons (Fsp3) is 0.769. The molecule has 0 aliphatic heterocycles. The molecule has 0 aromatic heterocycles. The number of ether oxygens (including phenoxy) is 1. The molecule has 6 heteroatoms. The van der Waals surface area contributed by atoms with Crippen molar-refractivity contribution < 1.29 is 24.5 Å². The van der Waals surface area contributed by atoms with Crippen LogP contribution in [-0.4, -0.2) is 46.9 Å². The van der Waals surface area contributed by atoms with E-state index in [2.05, 4.69) is 74.7 Å². The van der Waals surface area contributed by atoms with Gasteiger partial charge in [0.15, 0.2) is 0 Å². The van der Waals surface area contributed by atoms with Gasteiger partial charge >= 0.3 is 5.97 Å². The fourth-order valence-corrected chi connectivity index (χ4v) is 7.06. The quantitative estimate of drug-likeness (QED) is 0.0324. The Kier molecular flexibility index (Phi) is 43.7. The van der Waals surface area contributed by atoms with E-state index in [0.29, 0.717) is 19.3 Å². The van der Waals surface area contributed by atoms with E-state index >= 15 is 0 Å².